The SMILES string of the molecule is CCC(CC)C(O)CNC(=O)C(C)Oc1ccccc1. The number of para-hydroxylation sites is 1. The Kier molecular flexibility index (Phi) is 7.09. The summed E-state index contributed by atoms with van der Waals surface area (Å²) in [6.07, 6.45) is 0.733. The number of nitrogens with one attached hydrogen (secondary N) is 1. The first-order chi connectivity index (χ1) is 9.58. The number of hydrogen-bond donors (Lipinski definition) is 2. The summed E-state index contributed by atoms with van der Waals surface area (Å²) in [7, 11) is 0. The van der Waals surface area contributed by atoms with Gasteiger partial charge in [0, 0.05) is 6.54 Å². The van der Waals surface area contributed by atoms with Gasteiger partial charge in [0.15, 0.2) is 6.10 Å². The number of aliphatic hydroxyl groups is 1. The summed E-state index contributed by atoms with van der Waals surface area (Å²) in [5.41, 5.74) is 0. The summed E-state index contributed by atoms with van der Waals surface area (Å²) in [5.74, 6) is 0.676. The van der Waals surface area contributed by atoms with Crippen molar-refractivity contribution in [2.45, 2.75) is 45.8 Å². The van der Waals surface area contributed by atoms with Gasteiger partial charge in [0.05, 0.1) is 6.10 Å². The molecule has 20 heavy (non-hydrogen) atoms. The van der Waals surface area contributed by atoms with Crippen LogP contribution in [-0.4, -0.2) is 29.8 Å². The molecule has 2 unspecified atom stereocenters. The molecule has 0 aliphatic rings. The smallest absolute Gasteiger partial charge is 0.260 e. The fraction of sp³-hybridized carbons (Fsp3) is 0.562. The lowest BCUT2D eigenvalue weighted by Gasteiger charge is -2.21. The van der Waals surface area contributed by atoms with Gasteiger partial charge in [-0.05, 0) is 25.0 Å². The molecule has 0 saturated carbocycles. The van der Waals surface area contributed by atoms with Gasteiger partial charge >= 0.3 is 0 Å². The Balaban J connectivity index is 2.38. The van der Waals surface area contributed by atoms with E-state index in [1.165, 1.54) is 0 Å². The highest BCUT2D eigenvalue weighted by molar-refractivity contribution is 5.80. The summed E-state index contributed by atoms with van der Waals surface area (Å²) in [4.78, 5) is 11.9. The summed E-state index contributed by atoms with van der Waals surface area (Å²) in [6.45, 7) is 6.06. The number of amides is 1. The summed E-state index contributed by atoms with van der Waals surface area (Å²) in [5, 5.41) is 12.7. The van der Waals surface area contributed by atoms with Gasteiger partial charge < -0.3 is 15.2 Å². The second-order valence-electron chi connectivity index (χ2n) is 4.96. The Labute approximate surface area is 121 Å². The minimum Gasteiger partial charge on any atom is -0.481 e. The van der Waals surface area contributed by atoms with Gasteiger partial charge in [0.1, 0.15) is 5.75 Å². The molecule has 0 fully saturated rings. The first-order valence-corrected chi connectivity index (χ1v) is 7.25. The van der Waals surface area contributed by atoms with Gasteiger partial charge in [-0.3, -0.25) is 4.79 Å². The molecule has 4 heteroatoms. The van der Waals surface area contributed by atoms with Gasteiger partial charge in [0.25, 0.3) is 5.91 Å². The second kappa shape index (κ2) is 8.59. The normalized spacial score (nSPS) is 13.8. The molecular formula is C16H25NO3. The molecule has 0 radical (unpaired) electrons. The van der Waals surface area contributed by atoms with Crippen LogP contribution < -0.4 is 10.1 Å². The first kappa shape index (κ1) is 16.5. The van der Waals surface area contributed by atoms with E-state index in [4.69, 9.17) is 4.74 Å². The molecule has 112 valence electrons. The molecule has 0 saturated heterocycles. The van der Waals surface area contributed by atoms with E-state index in [-0.39, 0.29) is 18.4 Å². The molecule has 0 aliphatic carbocycles. The maximum absolute atomic E-state index is 11.9. The highest BCUT2D eigenvalue weighted by atomic mass is 16.5. The third kappa shape index (κ3) is 5.21. The zero-order valence-corrected chi connectivity index (χ0v) is 12.5. The minimum absolute atomic E-state index is 0.209. The number of carbonyl (C=O) groups excluding carboxylic acids is 1. The van der Waals surface area contributed by atoms with Crippen LogP contribution in [0, 0.1) is 5.92 Å². The van der Waals surface area contributed by atoms with Crippen LogP contribution in [0.1, 0.15) is 33.6 Å². The van der Waals surface area contributed by atoms with Crippen LogP contribution in [-0.2, 0) is 4.79 Å². The average molecular weight is 279 g/mol. The lowest BCUT2D eigenvalue weighted by Crippen LogP contribution is -2.42. The van der Waals surface area contributed by atoms with Crippen molar-refractivity contribution in [2.75, 3.05) is 6.54 Å². The molecule has 0 aromatic heterocycles. The van der Waals surface area contributed by atoms with Crippen LogP contribution in [0.5, 0.6) is 5.75 Å². The van der Waals surface area contributed by atoms with E-state index in [0.29, 0.717) is 5.75 Å². The average Bonchev–Trinajstić information content (AvgIpc) is 2.47. The van der Waals surface area contributed by atoms with E-state index < -0.39 is 12.2 Å². The van der Waals surface area contributed by atoms with Crippen molar-refractivity contribution in [3.05, 3.63) is 30.3 Å². The topological polar surface area (TPSA) is 58.6 Å². The third-order valence-corrected chi connectivity index (χ3v) is 3.50. The molecule has 4 nitrogen and oxygen atoms in total. The van der Waals surface area contributed by atoms with Crippen molar-refractivity contribution in [2.24, 2.45) is 5.92 Å². The fourth-order valence-corrected chi connectivity index (χ4v) is 2.11. The molecule has 2 atom stereocenters. The number of ether oxygens (including phenoxy) is 1. The van der Waals surface area contributed by atoms with Gasteiger partial charge in [0.2, 0.25) is 0 Å². The van der Waals surface area contributed by atoms with Crippen LogP contribution in [0.4, 0.5) is 0 Å². The molecule has 1 amide bonds. The van der Waals surface area contributed by atoms with Crippen LogP contribution in [0.3, 0.4) is 0 Å². The predicted molar refractivity (Wildman–Crippen MR) is 79.6 cm³/mol. The Morgan fingerprint density at radius 2 is 1.85 bits per heavy atom. The monoisotopic (exact) mass is 279 g/mol. The van der Waals surface area contributed by atoms with Crippen molar-refractivity contribution in [1.29, 1.82) is 0 Å². The number of rotatable bonds is 8. The number of carbonyl (C=O) groups is 1. The standard InChI is InChI=1S/C16H25NO3/c1-4-13(5-2)15(18)11-17-16(19)12(3)20-14-9-7-6-8-10-14/h6-10,12-13,15,18H,4-5,11H2,1-3H3,(H,17,19). The minimum atomic E-state index is -0.577. The van der Waals surface area contributed by atoms with E-state index in [9.17, 15) is 9.90 Å². The predicted octanol–water partition coefficient (Wildman–Crippen LogP) is 2.37. The number of benzene rings is 1. The molecule has 2 N–H and O–H groups in total. The van der Waals surface area contributed by atoms with Crippen molar-refractivity contribution >= 4 is 5.91 Å². The molecule has 0 bridgehead atoms. The molecule has 1 rings (SSSR count). The zero-order valence-electron chi connectivity index (χ0n) is 12.5. The van der Waals surface area contributed by atoms with Gasteiger partial charge in [-0.2, -0.15) is 0 Å². The molecule has 0 heterocycles. The van der Waals surface area contributed by atoms with Crippen molar-refractivity contribution in [1.82, 2.24) is 5.32 Å². The Morgan fingerprint density at radius 3 is 2.40 bits per heavy atom. The largest absolute Gasteiger partial charge is 0.481 e. The summed E-state index contributed by atoms with van der Waals surface area (Å²) < 4.78 is 5.53. The van der Waals surface area contributed by atoms with E-state index in [1.807, 2.05) is 44.2 Å². The van der Waals surface area contributed by atoms with Crippen molar-refractivity contribution < 1.29 is 14.6 Å². The van der Waals surface area contributed by atoms with Gasteiger partial charge in [-0.15, -0.1) is 0 Å². The highest BCUT2D eigenvalue weighted by Crippen LogP contribution is 2.13. The highest BCUT2D eigenvalue weighted by Gasteiger charge is 2.19. The maximum Gasteiger partial charge on any atom is 0.260 e. The Hall–Kier alpha value is -1.55. The molecule has 0 spiro atoms. The Morgan fingerprint density at radius 1 is 1.25 bits per heavy atom. The third-order valence-electron chi connectivity index (χ3n) is 3.50. The van der Waals surface area contributed by atoms with Crippen LogP contribution >= 0.6 is 0 Å². The van der Waals surface area contributed by atoms with Crippen LogP contribution in [0.2, 0.25) is 0 Å². The van der Waals surface area contributed by atoms with Gasteiger partial charge in [-0.1, -0.05) is 44.9 Å². The molecule has 1 aromatic rings. The molecular weight excluding hydrogens is 254 g/mol. The first-order valence-electron chi connectivity index (χ1n) is 7.25. The van der Waals surface area contributed by atoms with Crippen molar-refractivity contribution in [3.63, 3.8) is 0 Å². The fourth-order valence-electron chi connectivity index (χ4n) is 2.11. The summed E-state index contributed by atoms with van der Waals surface area (Å²) in [6, 6.07) is 9.23. The summed E-state index contributed by atoms with van der Waals surface area (Å²) >= 11 is 0. The quantitative estimate of drug-likeness (QED) is 0.768. The van der Waals surface area contributed by atoms with Crippen molar-refractivity contribution in [3.8, 4) is 5.75 Å². The molecule has 1 aromatic carbocycles. The van der Waals surface area contributed by atoms with Crippen LogP contribution in [0.25, 0.3) is 0 Å². The molecule has 0 aliphatic heterocycles. The lowest BCUT2D eigenvalue weighted by molar-refractivity contribution is -0.127. The lowest BCUT2D eigenvalue weighted by atomic mass is 9.96. The number of hydrogen-bond acceptors (Lipinski definition) is 3. The van der Waals surface area contributed by atoms with E-state index in [1.54, 1.807) is 6.92 Å². The van der Waals surface area contributed by atoms with E-state index in [0.717, 1.165) is 12.8 Å². The van der Waals surface area contributed by atoms with Gasteiger partial charge in [-0.25, -0.2) is 0 Å². The van der Waals surface area contributed by atoms with E-state index in [2.05, 4.69) is 5.32 Å². The zero-order chi connectivity index (χ0) is 15.0. The Bertz CT molecular complexity index is 390. The number of aliphatic hydroxyl groups excluding tert-OH is 1. The second-order valence-corrected chi connectivity index (χ2v) is 4.96. The van der Waals surface area contributed by atoms with Crippen LogP contribution in [0.15, 0.2) is 30.3 Å². The maximum atomic E-state index is 11.9. The van der Waals surface area contributed by atoms with E-state index >= 15 is 0 Å².